The summed E-state index contributed by atoms with van der Waals surface area (Å²) in [7, 11) is 0. The first kappa shape index (κ1) is 11.2. The highest BCUT2D eigenvalue weighted by atomic mass is 16.4. The van der Waals surface area contributed by atoms with Crippen LogP contribution in [0, 0.1) is 0 Å². The second-order valence-electron chi connectivity index (χ2n) is 4.44. The third-order valence-corrected chi connectivity index (χ3v) is 3.40. The Hall–Kier alpha value is -1.30. The zero-order valence-electron chi connectivity index (χ0n) is 9.30. The number of nitrogens with zero attached hydrogens (tertiary/aromatic N) is 3. The summed E-state index contributed by atoms with van der Waals surface area (Å²) in [4.78, 5) is 16.1. The van der Waals surface area contributed by atoms with Crippen LogP contribution in [0.5, 0.6) is 0 Å². The molecule has 0 aromatic rings. The molecular weight excluding hydrogens is 208 g/mol. The molecule has 6 heteroatoms. The summed E-state index contributed by atoms with van der Waals surface area (Å²) in [5, 5.41) is 11.2. The number of carbonyl (C=O) groups is 1. The van der Waals surface area contributed by atoms with Crippen molar-refractivity contribution in [2.75, 3.05) is 26.2 Å². The minimum Gasteiger partial charge on any atom is -0.409 e. The van der Waals surface area contributed by atoms with Crippen molar-refractivity contribution in [3.63, 3.8) is 0 Å². The fraction of sp³-hybridized carbons (Fsp3) is 0.800. The Bertz CT molecular complexity index is 305. The quantitative estimate of drug-likeness (QED) is 0.286. The number of piperazine rings is 1. The van der Waals surface area contributed by atoms with Crippen molar-refractivity contribution in [1.29, 1.82) is 0 Å². The second-order valence-corrected chi connectivity index (χ2v) is 4.44. The van der Waals surface area contributed by atoms with Crippen molar-refractivity contribution >= 4 is 11.7 Å². The Kier molecular flexibility index (Phi) is 3.28. The molecule has 16 heavy (non-hydrogen) atoms. The van der Waals surface area contributed by atoms with Gasteiger partial charge >= 0.3 is 0 Å². The molecule has 0 saturated carbocycles. The van der Waals surface area contributed by atoms with E-state index in [1.807, 2.05) is 4.90 Å². The monoisotopic (exact) mass is 226 g/mol. The predicted octanol–water partition coefficient (Wildman–Crippen LogP) is -0.570. The third-order valence-electron chi connectivity index (χ3n) is 3.40. The van der Waals surface area contributed by atoms with E-state index in [9.17, 15) is 4.79 Å². The summed E-state index contributed by atoms with van der Waals surface area (Å²) in [5.41, 5.74) is 5.33. The van der Waals surface area contributed by atoms with Crippen molar-refractivity contribution in [3.8, 4) is 0 Å². The van der Waals surface area contributed by atoms with Gasteiger partial charge in [-0.3, -0.25) is 9.69 Å². The molecule has 90 valence electrons. The summed E-state index contributed by atoms with van der Waals surface area (Å²) in [6.07, 6.45) is 2.42. The molecule has 1 unspecified atom stereocenters. The van der Waals surface area contributed by atoms with Crippen LogP contribution < -0.4 is 5.73 Å². The van der Waals surface area contributed by atoms with Gasteiger partial charge in [0.25, 0.3) is 0 Å². The van der Waals surface area contributed by atoms with Crippen molar-refractivity contribution in [1.82, 2.24) is 9.80 Å². The van der Waals surface area contributed by atoms with Crippen LogP contribution in [-0.2, 0) is 4.79 Å². The third kappa shape index (κ3) is 2.27. The van der Waals surface area contributed by atoms with Crippen LogP contribution in [0.15, 0.2) is 5.16 Å². The van der Waals surface area contributed by atoms with Crippen molar-refractivity contribution in [3.05, 3.63) is 0 Å². The fourth-order valence-electron chi connectivity index (χ4n) is 2.52. The number of rotatable bonds is 2. The number of amidine groups is 1. The molecule has 2 fully saturated rings. The number of hydrogen-bond donors (Lipinski definition) is 2. The summed E-state index contributed by atoms with van der Waals surface area (Å²) >= 11 is 0. The second kappa shape index (κ2) is 4.69. The lowest BCUT2D eigenvalue weighted by molar-refractivity contribution is -0.132. The van der Waals surface area contributed by atoms with Gasteiger partial charge in [0.1, 0.15) is 5.84 Å². The summed E-state index contributed by atoms with van der Waals surface area (Å²) in [6, 6.07) is 0.519. The first-order chi connectivity index (χ1) is 7.70. The van der Waals surface area contributed by atoms with Gasteiger partial charge in [0.05, 0.1) is 6.42 Å². The van der Waals surface area contributed by atoms with Gasteiger partial charge in [-0.2, -0.15) is 0 Å². The van der Waals surface area contributed by atoms with Gasteiger partial charge in [0.2, 0.25) is 5.91 Å². The zero-order valence-corrected chi connectivity index (χ0v) is 9.30. The van der Waals surface area contributed by atoms with Crippen LogP contribution in [0.4, 0.5) is 0 Å². The summed E-state index contributed by atoms with van der Waals surface area (Å²) in [6.45, 7) is 3.66. The number of amides is 1. The first-order valence-electron chi connectivity index (χ1n) is 5.69. The summed E-state index contributed by atoms with van der Waals surface area (Å²) in [5.74, 6) is -0.0549. The molecule has 2 rings (SSSR count). The molecule has 1 amide bonds. The lowest BCUT2D eigenvalue weighted by atomic mass is 10.1. The van der Waals surface area contributed by atoms with Gasteiger partial charge in [0, 0.05) is 25.7 Å². The highest BCUT2D eigenvalue weighted by molar-refractivity contribution is 5.98. The Morgan fingerprint density at radius 1 is 1.44 bits per heavy atom. The average molecular weight is 226 g/mol. The van der Waals surface area contributed by atoms with E-state index in [4.69, 9.17) is 10.9 Å². The molecule has 2 aliphatic rings. The number of nitrogens with two attached hydrogens (primary N) is 1. The smallest absolute Gasteiger partial charge is 0.230 e. The molecule has 3 N–H and O–H groups in total. The highest BCUT2D eigenvalue weighted by Crippen LogP contribution is 2.21. The number of carbonyl (C=O) groups excluding carboxylic acids is 1. The topological polar surface area (TPSA) is 82.2 Å². The molecule has 0 spiro atoms. The Labute approximate surface area is 94.7 Å². The van der Waals surface area contributed by atoms with E-state index in [2.05, 4.69) is 10.1 Å². The SMILES string of the molecule is NC(CC(=O)N1CCN2CCCC2C1)=NO. The van der Waals surface area contributed by atoms with Crippen LogP contribution in [-0.4, -0.2) is 59.0 Å². The van der Waals surface area contributed by atoms with E-state index in [1.54, 1.807) is 0 Å². The van der Waals surface area contributed by atoms with Gasteiger partial charge < -0.3 is 15.8 Å². The largest absolute Gasteiger partial charge is 0.409 e. The van der Waals surface area contributed by atoms with Crippen LogP contribution in [0.2, 0.25) is 0 Å². The molecule has 6 nitrogen and oxygen atoms in total. The van der Waals surface area contributed by atoms with Gasteiger partial charge in [-0.25, -0.2) is 0 Å². The number of oxime groups is 1. The minimum atomic E-state index is -0.0400. The molecule has 0 aliphatic carbocycles. The van der Waals surface area contributed by atoms with E-state index < -0.39 is 0 Å². The van der Waals surface area contributed by atoms with E-state index in [1.165, 1.54) is 12.8 Å². The Morgan fingerprint density at radius 3 is 3.00 bits per heavy atom. The van der Waals surface area contributed by atoms with Crippen LogP contribution in [0.3, 0.4) is 0 Å². The van der Waals surface area contributed by atoms with Crippen molar-refractivity contribution < 1.29 is 10.0 Å². The lowest BCUT2D eigenvalue weighted by Crippen LogP contribution is -2.52. The van der Waals surface area contributed by atoms with Crippen LogP contribution >= 0.6 is 0 Å². The average Bonchev–Trinajstić information content (AvgIpc) is 2.75. The normalized spacial score (nSPS) is 26.9. The summed E-state index contributed by atoms with van der Waals surface area (Å²) < 4.78 is 0. The lowest BCUT2D eigenvalue weighted by Gasteiger charge is -2.37. The molecule has 2 heterocycles. The maximum Gasteiger partial charge on any atom is 0.230 e. The predicted molar refractivity (Wildman–Crippen MR) is 59.2 cm³/mol. The fourth-order valence-corrected chi connectivity index (χ4v) is 2.52. The van der Waals surface area contributed by atoms with E-state index in [0.717, 1.165) is 26.2 Å². The number of fused-ring (bicyclic) bond motifs is 1. The zero-order chi connectivity index (χ0) is 11.5. The molecule has 0 aromatic carbocycles. The molecule has 2 aliphatic heterocycles. The van der Waals surface area contributed by atoms with Gasteiger partial charge in [-0.05, 0) is 19.4 Å². The maximum atomic E-state index is 11.8. The molecule has 0 radical (unpaired) electrons. The number of hydrogen-bond acceptors (Lipinski definition) is 4. The molecule has 0 bridgehead atoms. The Balaban J connectivity index is 1.88. The minimum absolute atomic E-state index is 0.0150. The first-order valence-corrected chi connectivity index (χ1v) is 5.69. The van der Waals surface area contributed by atoms with Crippen LogP contribution in [0.1, 0.15) is 19.3 Å². The standard InChI is InChI=1S/C10H18N4O2/c11-9(12-16)6-10(15)14-5-4-13-3-1-2-8(13)7-14/h8,16H,1-7H2,(H2,11,12). The van der Waals surface area contributed by atoms with Crippen LogP contribution in [0.25, 0.3) is 0 Å². The van der Waals surface area contributed by atoms with Gasteiger partial charge in [-0.1, -0.05) is 5.16 Å². The van der Waals surface area contributed by atoms with Crippen molar-refractivity contribution in [2.45, 2.75) is 25.3 Å². The molecular formula is C10H18N4O2. The molecule has 1 atom stereocenters. The van der Waals surface area contributed by atoms with Gasteiger partial charge in [-0.15, -0.1) is 0 Å². The van der Waals surface area contributed by atoms with E-state index in [0.29, 0.717) is 6.04 Å². The Morgan fingerprint density at radius 2 is 2.25 bits per heavy atom. The highest BCUT2D eigenvalue weighted by Gasteiger charge is 2.32. The van der Waals surface area contributed by atoms with E-state index in [-0.39, 0.29) is 18.2 Å². The maximum absolute atomic E-state index is 11.8. The van der Waals surface area contributed by atoms with Crippen molar-refractivity contribution in [2.24, 2.45) is 10.9 Å². The molecule has 0 aromatic heterocycles. The van der Waals surface area contributed by atoms with E-state index >= 15 is 0 Å². The molecule has 2 saturated heterocycles. The van der Waals surface area contributed by atoms with Gasteiger partial charge in [0.15, 0.2) is 0 Å².